The largest absolute Gasteiger partial charge is 0.457 e. The number of rotatable bonds is 3. The van der Waals surface area contributed by atoms with E-state index in [2.05, 4.69) is 20.9 Å². The van der Waals surface area contributed by atoms with Crippen molar-refractivity contribution >= 4 is 15.9 Å². The van der Waals surface area contributed by atoms with Gasteiger partial charge in [-0.15, -0.1) is 0 Å². The van der Waals surface area contributed by atoms with Crippen molar-refractivity contribution in [3.63, 3.8) is 0 Å². The second-order valence-corrected chi connectivity index (χ2v) is 4.76. The SMILES string of the molecule is Cc1cc(Oc2cc(F)cc(Br)c2)c(CN)cn1. The zero-order valence-corrected chi connectivity index (χ0v) is 11.4. The number of ether oxygens (including phenoxy) is 1. The number of nitrogens with two attached hydrogens (primary N) is 1. The molecule has 3 nitrogen and oxygen atoms in total. The van der Waals surface area contributed by atoms with Gasteiger partial charge in [-0.25, -0.2) is 4.39 Å². The number of halogens is 2. The van der Waals surface area contributed by atoms with Crippen molar-refractivity contribution in [3.05, 3.63) is 52.0 Å². The van der Waals surface area contributed by atoms with Crippen molar-refractivity contribution in [2.45, 2.75) is 13.5 Å². The van der Waals surface area contributed by atoms with Crippen LogP contribution in [0.1, 0.15) is 11.3 Å². The van der Waals surface area contributed by atoms with Crippen LogP contribution < -0.4 is 10.5 Å². The van der Waals surface area contributed by atoms with Gasteiger partial charge in [0.25, 0.3) is 0 Å². The molecule has 2 aromatic rings. The molecule has 1 aromatic carbocycles. The lowest BCUT2D eigenvalue weighted by atomic mass is 10.2. The summed E-state index contributed by atoms with van der Waals surface area (Å²) in [4.78, 5) is 4.14. The Balaban J connectivity index is 2.35. The second kappa shape index (κ2) is 5.46. The molecule has 94 valence electrons. The molecule has 2 N–H and O–H groups in total. The first-order chi connectivity index (χ1) is 8.58. The van der Waals surface area contributed by atoms with Crippen LogP contribution in [0.15, 0.2) is 34.9 Å². The fraction of sp³-hybridized carbons (Fsp3) is 0.154. The minimum Gasteiger partial charge on any atom is -0.457 e. The van der Waals surface area contributed by atoms with E-state index in [1.807, 2.05) is 6.92 Å². The number of benzene rings is 1. The highest BCUT2D eigenvalue weighted by Gasteiger charge is 2.07. The van der Waals surface area contributed by atoms with E-state index in [1.54, 1.807) is 18.3 Å². The molecular formula is C13H12BrFN2O. The lowest BCUT2D eigenvalue weighted by Crippen LogP contribution is -2.01. The smallest absolute Gasteiger partial charge is 0.135 e. The van der Waals surface area contributed by atoms with E-state index in [4.69, 9.17) is 10.5 Å². The maximum Gasteiger partial charge on any atom is 0.135 e. The Labute approximate surface area is 113 Å². The molecule has 0 aliphatic carbocycles. The summed E-state index contributed by atoms with van der Waals surface area (Å²) < 4.78 is 19.5. The van der Waals surface area contributed by atoms with Gasteiger partial charge in [0.05, 0.1) is 0 Å². The molecule has 1 heterocycles. The van der Waals surface area contributed by atoms with E-state index in [1.165, 1.54) is 12.1 Å². The predicted molar refractivity (Wildman–Crippen MR) is 71.0 cm³/mol. The molecule has 0 atom stereocenters. The maximum absolute atomic E-state index is 13.2. The van der Waals surface area contributed by atoms with Crippen LogP contribution in [0, 0.1) is 12.7 Å². The topological polar surface area (TPSA) is 48.1 Å². The summed E-state index contributed by atoms with van der Waals surface area (Å²) in [6.07, 6.45) is 1.67. The highest BCUT2D eigenvalue weighted by molar-refractivity contribution is 9.10. The first kappa shape index (κ1) is 13.0. The van der Waals surface area contributed by atoms with E-state index >= 15 is 0 Å². The molecule has 0 bridgehead atoms. The van der Waals surface area contributed by atoms with Crippen LogP contribution >= 0.6 is 15.9 Å². The van der Waals surface area contributed by atoms with Gasteiger partial charge < -0.3 is 10.5 Å². The summed E-state index contributed by atoms with van der Waals surface area (Å²) in [6.45, 7) is 2.17. The number of nitrogens with zero attached hydrogens (tertiary/aromatic N) is 1. The lowest BCUT2D eigenvalue weighted by molar-refractivity contribution is 0.469. The van der Waals surface area contributed by atoms with E-state index < -0.39 is 0 Å². The highest BCUT2D eigenvalue weighted by atomic mass is 79.9. The molecule has 1 aromatic heterocycles. The Bertz CT molecular complexity index is 555. The predicted octanol–water partition coefficient (Wildman–Crippen LogP) is 3.54. The van der Waals surface area contributed by atoms with Crippen molar-refractivity contribution in [2.24, 2.45) is 5.73 Å². The van der Waals surface area contributed by atoms with Gasteiger partial charge in [-0.2, -0.15) is 0 Å². The average Bonchev–Trinajstić information content (AvgIpc) is 2.27. The zero-order valence-electron chi connectivity index (χ0n) is 9.78. The minimum atomic E-state index is -0.362. The Morgan fingerprint density at radius 2 is 2.11 bits per heavy atom. The van der Waals surface area contributed by atoms with Gasteiger partial charge in [0, 0.05) is 40.6 Å². The van der Waals surface area contributed by atoms with Gasteiger partial charge in [-0.05, 0) is 19.1 Å². The fourth-order valence-corrected chi connectivity index (χ4v) is 1.97. The Morgan fingerprint density at radius 3 is 2.78 bits per heavy atom. The molecule has 0 unspecified atom stereocenters. The molecule has 18 heavy (non-hydrogen) atoms. The minimum absolute atomic E-state index is 0.319. The van der Waals surface area contributed by atoms with Gasteiger partial charge >= 0.3 is 0 Å². The molecule has 0 aliphatic rings. The summed E-state index contributed by atoms with van der Waals surface area (Å²) in [5.41, 5.74) is 7.21. The molecular weight excluding hydrogens is 299 g/mol. The average molecular weight is 311 g/mol. The molecule has 0 saturated heterocycles. The normalized spacial score (nSPS) is 10.4. The monoisotopic (exact) mass is 310 g/mol. The van der Waals surface area contributed by atoms with Crippen molar-refractivity contribution in [1.29, 1.82) is 0 Å². The first-order valence-corrected chi connectivity index (χ1v) is 6.17. The maximum atomic E-state index is 13.2. The number of hydrogen-bond acceptors (Lipinski definition) is 3. The van der Waals surface area contributed by atoms with Crippen LogP contribution in [0.4, 0.5) is 4.39 Å². The molecule has 0 fully saturated rings. The number of aromatic nitrogens is 1. The second-order valence-electron chi connectivity index (χ2n) is 3.84. The van der Waals surface area contributed by atoms with Crippen LogP contribution in [-0.2, 0) is 6.54 Å². The first-order valence-electron chi connectivity index (χ1n) is 5.38. The van der Waals surface area contributed by atoms with Gasteiger partial charge in [-0.3, -0.25) is 4.98 Å². The van der Waals surface area contributed by atoms with E-state index in [9.17, 15) is 4.39 Å². The Kier molecular flexibility index (Phi) is 3.93. The number of hydrogen-bond donors (Lipinski definition) is 1. The van der Waals surface area contributed by atoms with E-state index in [0.29, 0.717) is 22.5 Å². The Hall–Kier alpha value is -1.46. The summed E-state index contributed by atoms with van der Waals surface area (Å²) in [5.74, 6) is 0.657. The summed E-state index contributed by atoms with van der Waals surface area (Å²) in [7, 11) is 0. The summed E-state index contributed by atoms with van der Waals surface area (Å²) in [6, 6.07) is 6.16. The molecule has 0 aliphatic heterocycles. The molecule has 0 radical (unpaired) electrons. The van der Waals surface area contributed by atoms with Crippen LogP contribution in [0.2, 0.25) is 0 Å². The molecule has 5 heteroatoms. The third kappa shape index (κ3) is 3.05. The van der Waals surface area contributed by atoms with Crippen molar-refractivity contribution in [2.75, 3.05) is 0 Å². The van der Waals surface area contributed by atoms with Gasteiger partial charge in [0.1, 0.15) is 17.3 Å². The van der Waals surface area contributed by atoms with Gasteiger partial charge in [0.2, 0.25) is 0 Å². The van der Waals surface area contributed by atoms with Gasteiger partial charge in [0.15, 0.2) is 0 Å². The van der Waals surface area contributed by atoms with Crippen LogP contribution in [0.25, 0.3) is 0 Å². The third-order valence-corrected chi connectivity index (χ3v) is 2.82. The standard InChI is InChI=1S/C13H12BrFN2O/c1-8-2-13(9(6-16)7-17-8)18-12-4-10(14)3-11(15)5-12/h2-5,7H,6,16H2,1H3. The quantitative estimate of drug-likeness (QED) is 0.943. The highest BCUT2D eigenvalue weighted by Crippen LogP contribution is 2.28. The zero-order chi connectivity index (χ0) is 13.1. The van der Waals surface area contributed by atoms with Crippen LogP contribution in [0.5, 0.6) is 11.5 Å². The summed E-state index contributed by atoms with van der Waals surface area (Å²) in [5, 5.41) is 0. The van der Waals surface area contributed by atoms with Gasteiger partial charge in [-0.1, -0.05) is 15.9 Å². The molecule has 2 rings (SSSR count). The summed E-state index contributed by atoms with van der Waals surface area (Å²) >= 11 is 3.22. The Morgan fingerprint density at radius 1 is 1.33 bits per heavy atom. The van der Waals surface area contributed by atoms with E-state index in [-0.39, 0.29) is 5.82 Å². The van der Waals surface area contributed by atoms with Crippen molar-refractivity contribution < 1.29 is 9.13 Å². The molecule has 0 spiro atoms. The number of pyridine rings is 1. The van der Waals surface area contributed by atoms with Crippen LogP contribution in [-0.4, -0.2) is 4.98 Å². The third-order valence-electron chi connectivity index (χ3n) is 2.36. The number of aryl methyl sites for hydroxylation is 1. The molecule has 0 amide bonds. The van der Waals surface area contributed by atoms with Crippen LogP contribution in [0.3, 0.4) is 0 Å². The van der Waals surface area contributed by atoms with E-state index in [0.717, 1.165) is 11.3 Å². The van der Waals surface area contributed by atoms with Crippen molar-refractivity contribution in [1.82, 2.24) is 4.98 Å². The van der Waals surface area contributed by atoms with Crippen molar-refractivity contribution in [3.8, 4) is 11.5 Å². The fourth-order valence-electron chi connectivity index (χ4n) is 1.53. The lowest BCUT2D eigenvalue weighted by Gasteiger charge is -2.10. The molecule has 0 saturated carbocycles.